The molecule has 128 valence electrons. The van der Waals surface area contributed by atoms with Crippen LogP contribution < -0.4 is 0 Å². The molecule has 0 aromatic heterocycles. The van der Waals surface area contributed by atoms with E-state index in [-0.39, 0.29) is 35.4 Å². The van der Waals surface area contributed by atoms with Crippen molar-refractivity contribution in [2.24, 2.45) is 22.4 Å². The Balaban J connectivity index is 1.75. The van der Waals surface area contributed by atoms with Gasteiger partial charge in [0.1, 0.15) is 5.78 Å². The predicted molar refractivity (Wildman–Crippen MR) is 95.7 cm³/mol. The second-order valence-electron chi connectivity index (χ2n) is 6.75. The van der Waals surface area contributed by atoms with Crippen LogP contribution in [0, 0.1) is 17.3 Å². The quantitative estimate of drug-likeness (QED) is 0.431. The zero-order chi connectivity index (χ0) is 17.7. The van der Waals surface area contributed by atoms with Crippen molar-refractivity contribution in [3.8, 4) is 0 Å². The number of nitrogens with zero attached hydrogens (tertiary/aromatic N) is 1. The molecule has 1 aromatic carbocycles. The van der Waals surface area contributed by atoms with Gasteiger partial charge in [-0.3, -0.25) is 4.79 Å². The van der Waals surface area contributed by atoms with Gasteiger partial charge in [0.2, 0.25) is 0 Å². The third-order valence-corrected chi connectivity index (χ3v) is 5.09. The fourth-order valence-electron chi connectivity index (χ4n) is 3.14. The van der Waals surface area contributed by atoms with Crippen molar-refractivity contribution in [3.63, 3.8) is 0 Å². The van der Waals surface area contributed by atoms with Crippen molar-refractivity contribution in [2.75, 3.05) is 0 Å². The van der Waals surface area contributed by atoms with E-state index >= 15 is 0 Å². The number of Topliss-reactive ketones (excluding diaryl/α,β-unsaturated/α-hetero) is 1. The lowest BCUT2D eigenvalue weighted by atomic mass is 9.53. The number of hydrogen-bond acceptors (Lipinski definition) is 4. The Morgan fingerprint density at radius 2 is 2.00 bits per heavy atom. The summed E-state index contributed by atoms with van der Waals surface area (Å²) in [4.78, 5) is 28.2. The molecule has 0 saturated heterocycles. The number of carbonyl (C=O) groups excluding carboxylic acids is 2. The van der Waals surface area contributed by atoms with Crippen LogP contribution in [0.3, 0.4) is 0 Å². The zero-order valence-corrected chi connectivity index (χ0v) is 14.9. The molecule has 1 aromatic rings. The predicted octanol–water partition coefficient (Wildman–Crippen LogP) is 4.52. The summed E-state index contributed by atoms with van der Waals surface area (Å²) in [5, 5.41) is 4.34. The monoisotopic (exact) mass is 347 g/mol. The first-order chi connectivity index (χ1) is 11.3. The van der Waals surface area contributed by atoms with E-state index in [1.807, 2.05) is 32.1 Å². The van der Waals surface area contributed by atoms with Crippen molar-refractivity contribution in [1.82, 2.24) is 0 Å². The number of halogens is 1. The molecule has 1 fully saturated rings. The van der Waals surface area contributed by atoms with Gasteiger partial charge in [0.15, 0.2) is 0 Å². The molecule has 1 saturated carbocycles. The van der Waals surface area contributed by atoms with Gasteiger partial charge in [-0.2, -0.15) is 0 Å². The second-order valence-corrected chi connectivity index (χ2v) is 7.19. The highest BCUT2D eigenvalue weighted by atomic mass is 35.5. The second kappa shape index (κ2) is 7.75. The number of oxime groups is 1. The first kappa shape index (κ1) is 18.4. The Kier molecular flexibility index (Phi) is 5.94. The third-order valence-electron chi connectivity index (χ3n) is 4.83. The van der Waals surface area contributed by atoms with Crippen LogP contribution in [0.5, 0.6) is 0 Å². The normalized spacial score (nSPS) is 22.5. The summed E-state index contributed by atoms with van der Waals surface area (Å²) in [5.74, 6) is 0.0287. The minimum absolute atomic E-state index is 0.0427. The smallest absolute Gasteiger partial charge is 0.318 e. The molecule has 1 aliphatic rings. The highest BCUT2D eigenvalue weighted by molar-refractivity contribution is 6.30. The van der Waals surface area contributed by atoms with Gasteiger partial charge in [-0.25, -0.2) is 4.79 Å². The van der Waals surface area contributed by atoms with Crippen molar-refractivity contribution in [1.29, 1.82) is 0 Å². The van der Waals surface area contributed by atoms with Crippen LogP contribution >= 0.6 is 11.6 Å². The lowest BCUT2D eigenvalue weighted by molar-refractivity contribution is -0.153. The molecule has 2 rings (SSSR count). The van der Waals surface area contributed by atoms with Crippen molar-refractivity contribution < 1.29 is 14.4 Å². The molecule has 0 heterocycles. The van der Waals surface area contributed by atoms with Crippen molar-refractivity contribution in [3.05, 3.63) is 40.9 Å². The van der Waals surface area contributed by atoms with Gasteiger partial charge in [-0.05, 0) is 48.4 Å². The van der Waals surface area contributed by atoms with Gasteiger partial charge in [-0.15, -0.1) is 0 Å². The average molecular weight is 348 g/mol. The summed E-state index contributed by atoms with van der Waals surface area (Å²) in [6, 6.07) is 7.35. The van der Waals surface area contributed by atoms with E-state index < -0.39 is 0 Å². The summed E-state index contributed by atoms with van der Waals surface area (Å²) in [6.07, 6.45) is 5.99. The van der Waals surface area contributed by atoms with E-state index in [1.165, 1.54) is 6.21 Å². The maximum atomic E-state index is 11.8. The lowest BCUT2D eigenvalue weighted by Gasteiger charge is -2.50. The number of carbonyl (C=O) groups is 2. The summed E-state index contributed by atoms with van der Waals surface area (Å²) >= 11 is 5.81. The summed E-state index contributed by atoms with van der Waals surface area (Å²) < 4.78 is 0. The molecular weight excluding hydrogens is 326 g/mol. The number of hydrogen-bond donors (Lipinski definition) is 0. The SMILES string of the molecule is CC(=O)[C@H]1C[C@@H](CC(=O)O/N=C/C=C/c2ccc(Cl)cc2)C1(C)C. The topological polar surface area (TPSA) is 55.7 Å². The fraction of sp³-hybridized carbons (Fsp3) is 0.421. The Hall–Kier alpha value is -1.94. The van der Waals surface area contributed by atoms with Gasteiger partial charge in [0.05, 0.1) is 12.6 Å². The van der Waals surface area contributed by atoms with Crippen LogP contribution in [-0.2, 0) is 14.4 Å². The Morgan fingerprint density at radius 1 is 1.33 bits per heavy atom. The van der Waals surface area contributed by atoms with Crippen LogP contribution in [0.1, 0.15) is 39.2 Å². The van der Waals surface area contributed by atoms with Gasteiger partial charge >= 0.3 is 5.97 Å². The molecule has 0 unspecified atom stereocenters. The molecule has 5 heteroatoms. The number of rotatable bonds is 6. The first-order valence-corrected chi connectivity index (χ1v) is 8.34. The third kappa shape index (κ3) is 4.54. The number of allylic oxidation sites excluding steroid dienone is 1. The molecule has 0 amide bonds. The molecular formula is C19H22ClNO3. The minimum Gasteiger partial charge on any atom is -0.318 e. The van der Waals surface area contributed by atoms with E-state index in [2.05, 4.69) is 5.16 Å². The standard InChI is InChI=1S/C19H22ClNO3/c1-13(22)17-11-15(19(17,2)3)12-18(23)24-21-10-4-5-14-6-8-16(20)9-7-14/h4-10,15,17H,11-12H2,1-3H3/b5-4+,21-10+/t15-,17+/m0/s1. The van der Waals surface area contributed by atoms with Crippen LogP contribution in [0.4, 0.5) is 0 Å². The molecule has 0 aliphatic heterocycles. The molecule has 0 bridgehead atoms. The average Bonchev–Trinajstić information content (AvgIpc) is 2.52. The molecule has 0 N–H and O–H groups in total. The van der Waals surface area contributed by atoms with Crippen molar-refractivity contribution >= 4 is 35.6 Å². The fourth-order valence-corrected chi connectivity index (χ4v) is 3.27. The largest absolute Gasteiger partial charge is 0.335 e. The summed E-state index contributed by atoms with van der Waals surface area (Å²) in [5.41, 5.74) is 0.826. The van der Waals surface area contributed by atoms with Gasteiger partial charge < -0.3 is 4.84 Å². The van der Waals surface area contributed by atoms with E-state index in [0.717, 1.165) is 12.0 Å². The molecule has 24 heavy (non-hydrogen) atoms. The molecule has 1 aliphatic carbocycles. The van der Waals surface area contributed by atoms with E-state index in [9.17, 15) is 9.59 Å². The van der Waals surface area contributed by atoms with E-state index in [1.54, 1.807) is 25.1 Å². The van der Waals surface area contributed by atoms with Crippen molar-refractivity contribution in [2.45, 2.75) is 33.6 Å². The van der Waals surface area contributed by atoms with Crippen LogP contribution in [0.25, 0.3) is 6.08 Å². The Bertz CT molecular complexity index is 662. The first-order valence-electron chi connectivity index (χ1n) is 7.96. The summed E-state index contributed by atoms with van der Waals surface area (Å²) in [6.45, 7) is 5.66. The maximum absolute atomic E-state index is 11.8. The Morgan fingerprint density at radius 3 is 2.58 bits per heavy atom. The number of ketones is 1. The molecule has 4 nitrogen and oxygen atoms in total. The van der Waals surface area contributed by atoms with Gasteiger partial charge in [0.25, 0.3) is 0 Å². The van der Waals surface area contributed by atoms with Crippen LogP contribution in [-0.4, -0.2) is 18.0 Å². The molecule has 0 radical (unpaired) electrons. The lowest BCUT2D eigenvalue weighted by Crippen LogP contribution is -2.48. The van der Waals surface area contributed by atoms with E-state index in [0.29, 0.717) is 5.02 Å². The zero-order valence-electron chi connectivity index (χ0n) is 14.2. The van der Waals surface area contributed by atoms with Gasteiger partial charge in [0, 0.05) is 10.9 Å². The summed E-state index contributed by atoms with van der Waals surface area (Å²) in [7, 11) is 0. The molecule has 0 spiro atoms. The minimum atomic E-state index is -0.369. The van der Waals surface area contributed by atoms with E-state index in [4.69, 9.17) is 16.4 Å². The van der Waals surface area contributed by atoms with Gasteiger partial charge in [-0.1, -0.05) is 48.8 Å². The Labute approximate surface area is 147 Å². The maximum Gasteiger partial charge on any atom is 0.335 e. The number of benzene rings is 1. The highest BCUT2D eigenvalue weighted by Crippen LogP contribution is 2.53. The van der Waals surface area contributed by atoms with Crippen LogP contribution in [0.2, 0.25) is 5.02 Å². The highest BCUT2D eigenvalue weighted by Gasteiger charge is 2.50. The van der Waals surface area contributed by atoms with Crippen LogP contribution in [0.15, 0.2) is 35.5 Å². The molecule has 2 atom stereocenters.